The summed E-state index contributed by atoms with van der Waals surface area (Å²) in [6.45, 7) is 0. The number of carbonyl (C=O) groups is 1. The van der Waals surface area contributed by atoms with Crippen molar-refractivity contribution < 1.29 is 9.90 Å². The Kier molecular flexibility index (Phi) is 1.48. The van der Waals surface area contributed by atoms with Gasteiger partial charge < -0.3 is 9.90 Å². The Bertz CT molecular complexity index is 208. The number of carboxylic acids is 1. The molecular formula is C9H11O2-. The van der Waals surface area contributed by atoms with E-state index in [0.717, 1.165) is 6.42 Å². The molecule has 2 aliphatic rings. The number of hydrogen-bond donors (Lipinski definition) is 0. The standard InChI is InChI=1S/C9H12O2/c10-9(11)5-8-4-6-1-2-7(8)3-6/h1-2,6-8H,3-5H2,(H,10,11)/p-1/t6-,7+,8?/m1/s1. The van der Waals surface area contributed by atoms with Crippen LogP contribution >= 0.6 is 0 Å². The van der Waals surface area contributed by atoms with E-state index in [-0.39, 0.29) is 6.42 Å². The second kappa shape index (κ2) is 2.36. The fourth-order valence-electron chi connectivity index (χ4n) is 2.34. The van der Waals surface area contributed by atoms with Gasteiger partial charge in [-0.2, -0.15) is 0 Å². The van der Waals surface area contributed by atoms with Crippen LogP contribution in [0.5, 0.6) is 0 Å². The van der Waals surface area contributed by atoms with Gasteiger partial charge in [-0.25, -0.2) is 0 Å². The van der Waals surface area contributed by atoms with Gasteiger partial charge in [0.05, 0.1) is 0 Å². The molecule has 0 radical (unpaired) electrons. The van der Waals surface area contributed by atoms with E-state index in [0.29, 0.717) is 17.8 Å². The highest BCUT2D eigenvalue weighted by molar-refractivity contribution is 5.64. The summed E-state index contributed by atoms with van der Waals surface area (Å²) in [5, 5.41) is 10.3. The molecule has 0 saturated heterocycles. The van der Waals surface area contributed by atoms with Crippen LogP contribution in [0.15, 0.2) is 12.2 Å². The Labute approximate surface area is 65.9 Å². The van der Waals surface area contributed by atoms with Gasteiger partial charge in [0.15, 0.2) is 0 Å². The summed E-state index contributed by atoms with van der Waals surface area (Å²) >= 11 is 0. The number of carboxylic acid groups (broad SMARTS) is 1. The van der Waals surface area contributed by atoms with E-state index in [9.17, 15) is 9.90 Å². The van der Waals surface area contributed by atoms with Gasteiger partial charge in [-0.1, -0.05) is 12.2 Å². The van der Waals surface area contributed by atoms with Crippen LogP contribution in [0.3, 0.4) is 0 Å². The fourth-order valence-corrected chi connectivity index (χ4v) is 2.34. The van der Waals surface area contributed by atoms with E-state index in [1.165, 1.54) is 6.42 Å². The molecule has 0 amide bonds. The highest BCUT2D eigenvalue weighted by atomic mass is 16.4. The molecule has 3 atom stereocenters. The lowest BCUT2D eigenvalue weighted by molar-refractivity contribution is -0.307. The first-order valence-corrected chi connectivity index (χ1v) is 4.14. The molecule has 2 heteroatoms. The molecule has 0 aromatic carbocycles. The van der Waals surface area contributed by atoms with Gasteiger partial charge in [-0.15, -0.1) is 0 Å². The van der Waals surface area contributed by atoms with Gasteiger partial charge in [-0.3, -0.25) is 0 Å². The normalized spacial score (nSPS) is 39.8. The van der Waals surface area contributed by atoms with Crippen molar-refractivity contribution in [1.29, 1.82) is 0 Å². The van der Waals surface area contributed by atoms with Crippen LogP contribution in [0.1, 0.15) is 19.3 Å². The van der Waals surface area contributed by atoms with Gasteiger partial charge in [0.25, 0.3) is 0 Å². The van der Waals surface area contributed by atoms with Crippen LogP contribution in [0, 0.1) is 17.8 Å². The summed E-state index contributed by atoms with van der Waals surface area (Å²) in [4.78, 5) is 10.3. The van der Waals surface area contributed by atoms with Crippen LogP contribution in [-0.4, -0.2) is 5.97 Å². The van der Waals surface area contributed by atoms with E-state index in [4.69, 9.17) is 0 Å². The van der Waals surface area contributed by atoms with Crippen LogP contribution in [0.4, 0.5) is 0 Å². The maximum absolute atomic E-state index is 10.3. The molecule has 0 aromatic rings. The first-order chi connectivity index (χ1) is 5.25. The van der Waals surface area contributed by atoms with Crippen LogP contribution in [0.25, 0.3) is 0 Å². The first kappa shape index (κ1) is 6.89. The molecular weight excluding hydrogens is 140 g/mol. The number of rotatable bonds is 2. The second-order valence-corrected chi connectivity index (χ2v) is 3.62. The van der Waals surface area contributed by atoms with Crippen molar-refractivity contribution in [3.63, 3.8) is 0 Å². The van der Waals surface area contributed by atoms with Crippen molar-refractivity contribution in [3.8, 4) is 0 Å². The maximum Gasteiger partial charge on any atom is 0.0417 e. The average molecular weight is 151 g/mol. The lowest BCUT2D eigenvalue weighted by atomic mass is 9.91. The van der Waals surface area contributed by atoms with Crippen molar-refractivity contribution in [2.45, 2.75) is 19.3 Å². The molecule has 2 aliphatic carbocycles. The zero-order valence-corrected chi connectivity index (χ0v) is 6.32. The molecule has 0 heterocycles. The van der Waals surface area contributed by atoms with E-state index < -0.39 is 5.97 Å². The van der Waals surface area contributed by atoms with E-state index in [1.54, 1.807) is 0 Å². The minimum atomic E-state index is -0.893. The topological polar surface area (TPSA) is 40.1 Å². The summed E-state index contributed by atoms with van der Waals surface area (Å²) in [6.07, 6.45) is 6.89. The van der Waals surface area contributed by atoms with Crippen LogP contribution < -0.4 is 5.11 Å². The minimum absolute atomic E-state index is 0.255. The predicted octanol–water partition coefficient (Wildman–Crippen LogP) is 0.339. The third-order valence-corrected chi connectivity index (χ3v) is 2.85. The summed E-state index contributed by atoms with van der Waals surface area (Å²) in [7, 11) is 0. The summed E-state index contributed by atoms with van der Waals surface area (Å²) in [5.74, 6) is 0.688. The van der Waals surface area contributed by atoms with Crippen LogP contribution in [-0.2, 0) is 4.79 Å². The third kappa shape index (κ3) is 1.17. The Morgan fingerprint density at radius 3 is 2.73 bits per heavy atom. The van der Waals surface area contributed by atoms with Crippen molar-refractivity contribution >= 4 is 5.97 Å². The summed E-state index contributed by atoms with van der Waals surface area (Å²) in [6, 6.07) is 0. The smallest absolute Gasteiger partial charge is 0.0417 e. The first-order valence-electron chi connectivity index (χ1n) is 4.14. The summed E-state index contributed by atoms with van der Waals surface area (Å²) < 4.78 is 0. The van der Waals surface area contributed by atoms with Gasteiger partial charge >= 0.3 is 0 Å². The van der Waals surface area contributed by atoms with Gasteiger partial charge in [0.2, 0.25) is 0 Å². The van der Waals surface area contributed by atoms with E-state index in [2.05, 4.69) is 12.2 Å². The van der Waals surface area contributed by atoms with Crippen LogP contribution in [0.2, 0.25) is 0 Å². The molecule has 2 bridgehead atoms. The van der Waals surface area contributed by atoms with Crippen molar-refractivity contribution in [1.82, 2.24) is 0 Å². The maximum atomic E-state index is 10.3. The SMILES string of the molecule is O=C([O-])CC1C[C@@H]2C=C[C@H]1C2. The second-order valence-electron chi connectivity index (χ2n) is 3.62. The molecule has 0 aromatic heterocycles. The molecule has 60 valence electrons. The lowest BCUT2D eigenvalue weighted by Gasteiger charge is -2.17. The average Bonchev–Trinajstić information content (AvgIpc) is 2.45. The molecule has 1 fully saturated rings. The fraction of sp³-hybridized carbons (Fsp3) is 0.667. The number of fused-ring (bicyclic) bond motifs is 2. The van der Waals surface area contributed by atoms with Gasteiger partial charge in [0.1, 0.15) is 0 Å². The zero-order chi connectivity index (χ0) is 7.84. The quantitative estimate of drug-likeness (QED) is 0.534. The Balaban J connectivity index is 1.98. The van der Waals surface area contributed by atoms with Gasteiger partial charge in [-0.05, 0) is 37.0 Å². The monoisotopic (exact) mass is 151 g/mol. The highest BCUT2D eigenvalue weighted by Gasteiger charge is 2.35. The number of aliphatic carboxylic acids is 1. The highest BCUT2D eigenvalue weighted by Crippen LogP contribution is 2.44. The van der Waals surface area contributed by atoms with Crippen molar-refractivity contribution in [2.24, 2.45) is 17.8 Å². The molecule has 0 aliphatic heterocycles. The van der Waals surface area contributed by atoms with Gasteiger partial charge in [0, 0.05) is 5.97 Å². The molecule has 1 unspecified atom stereocenters. The van der Waals surface area contributed by atoms with Crippen molar-refractivity contribution in [3.05, 3.63) is 12.2 Å². The Morgan fingerprint density at radius 1 is 1.45 bits per heavy atom. The summed E-state index contributed by atoms with van der Waals surface area (Å²) in [5.41, 5.74) is 0. The largest absolute Gasteiger partial charge is 0.550 e. The predicted molar refractivity (Wildman–Crippen MR) is 38.5 cm³/mol. The molecule has 11 heavy (non-hydrogen) atoms. The Morgan fingerprint density at radius 2 is 2.27 bits per heavy atom. The lowest BCUT2D eigenvalue weighted by Crippen LogP contribution is -2.26. The molecule has 2 nitrogen and oxygen atoms in total. The minimum Gasteiger partial charge on any atom is -0.550 e. The molecule has 0 N–H and O–H groups in total. The molecule has 2 rings (SSSR count). The van der Waals surface area contributed by atoms with E-state index in [1.807, 2.05) is 0 Å². The Hall–Kier alpha value is -0.790. The van der Waals surface area contributed by atoms with E-state index >= 15 is 0 Å². The number of carbonyl (C=O) groups excluding carboxylic acids is 1. The molecule has 0 spiro atoms. The number of hydrogen-bond acceptors (Lipinski definition) is 2. The third-order valence-electron chi connectivity index (χ3n) is 2.85. The zero-order valence-electron chi connectivity index (χ0n) is 6.32. The molecule has 1 saturated carbocycles. The number of allylic oxidation sites excluding steroid dienone is 2. The van der Waals surface area contributed by atoms with Crippen molar-refractivity contribution in [2.75, 3.05) is 0 Å².